The van der Waals surface area contributed by atoms with Crippen molar-refractivity contribution < 1.29 is 14.5 Å². The topological polar surface area (TPSA) is 98.1 Å². The van der Waals surface area contributed by atoms with E-state index in [2.05, 4.69) is 14.9 Å². The maximum atomic E-state index is 11.5. The van der Waals surface area contributed by atoms with Gasteiger partial charge >= 0.3 is 5.97 Å². The van der Waals surface area contributed by atoms with E-state index in [1.54, 1.807) is 18.2 Å². The van der Waals surface area contributed by atoms with Crippen molar-refractivity contribution in [3.8, 4) is 10.6 Å². The number of nitro benzene ring substituents is 1. The molecule has 7 nitrogen and oxygen atoms in total. The van der Waals surface area contributed by atoms with Gasteiger partial charge in [-0.2, -0.15) is 5.10 Å². The molecule has 0 saturated carbocycles. The standard InChI is InChI=1S/C13H9N3O4S/c1-20-13(17)11-5-4-10(21-11)12-8-6-7(16(18)19)2-3-9(8)14-15-12/h2-6H,1H3,(H,14,15). The van der Waals surface area contributed by atoms with E-state index in [9.17, 15) is 14.9 Å². The quantitative estimate of drug-likeness (QED) is 0.455. The molecule has 0 saturated heterocycles. The Morgan fingerprint density at radius 1 is 1.38 bits per heavy atom. The normalized spacial score (nSPS) is 10.7. The second kappa shape index (κ2) is 4.98. The van der Waals surface area contributed by atoms with Crippen molar-refractivity contribution in [3.63, 3.8) is 0 Å². The first-order valence-electron chi connectivity index (χ1n) is 5.91. The maximum absolute atomic E-state index is 11.5. The summed E-state index contributed by atoms with van der Waals surface area (Å²) in [6, 6.07) is 7.87. The van der Waals surface area contributed by atoms with E-state index >= 15 is 0 Å². The lowest BCUT2D eigenvalue weighted by Gasteiger charge is -1.95. The summed E-state index contributed by atoms with van der Waals surface area (Å²) in [5.41, 5.74) is 1.27. The molecule has 3 aromatic rings. The van der Waals surface area contributed by atoms with E-state index in [1.165, 1.54) is 30.6 Å². The number of thiophene rings is 1. The number of benzene rings is 1. The van der Waals surface area contributed by atoms with E-state index in [4.69, 9.17) is 0 Å². The molecule has 3 rings (SSSR count). The maximum Gasteiger partial charge on any atom is 0.348 e. The molecule has 0 unspecified atom stereocenters. The van der Waals surface area contributed by atoms with Gasteiger partial charge in [-0.05, 0) is 18.2 Å². The Bertz CT molecular complexity index is 852. The molecule has 0 fully saturated rings. The van der Waals surface area contributed by atoms with E-state index < -0.39 is 10.9 Å². The fraction of sp³-hybridized carbons (Fsp3) is 0.0769. The van der Waals surface area contributed by atoms with Crippen LogP contribution in [0, 0.1) is 10.1 Å². The van der Waals surface area contributed by atoms with Gasteiger partial charge in [-0.3, -0.25) is 15.2 Å². The lowest BCUT2D eigenvalue weighted by atomic mass is 10.1. The van der Waals surface area contributed by atoms with Crippen LogP contribution >= 0.6 is 11.3 Å². The molecule has 2 aromatic heterocycles. The molecule has 8 heteroatoms. The van der Waals surface area contributed by atoms with Gasteiger partial charge in [0.05, 0.1) is 22.4 Å². The van der Waals surface area contributed by atoms with Crippen molar-refractivity contribution in [1.82, 2.24) is 10.2 Å². The highest BCUT2D eigenvalue weighted by Crippen LogP contribution is 2.33. The number of H-pyrrole nitrogens is 1. The summed E-state index contributed by atoms with van der Waals surface area (Å²) in [6.07, 6.45) is 0. The van der Waals surface area contributed by atoms with Crippen molar-refractivity contribution in [2.24, 2.45) is 0 Å². The number of hydrogen-bond acceptors (Lipinski definition) is 6. The molecule has 0 amide bonds. The van der Waals surface area contributed by atoms with Crippen LogP contribution in [0.2, 0.25) is 0 Å². The monoisotopic (exact) mass is 303 g/mol. The summed E-state index contributed by atoms with van der Waals surface area (Å²) in [4.78, 5) is 23.1. The molecule has 0 radical (unpaired) electrons. The average molecular weight is 303 g/mol. The number of nitro groups is 1. The number of carbonyl (C=O) groups excluding carboxylic acids is 1. The van der Waals surface area contributed by atoms with Crippen LogP contribution in [0.3, 0.4) is 0 Å². The minimum absolute atomic E-state index is 0.00472. The smallest absolute Gasteiger partial charge is 0.348 e. The number of carbonyl (C=O) groups is 1. The Hall–Kier alpha value is -2.74. The summed E-state index contributed by atoms with van der Waals surface area (Å²) in [5, 5.41) is 18.5. The van der Waals surface area contributed by atoms with Crippen LogP contribution in [0.15, 0.2) is 30.3 Å². The fourth-order valence-corrected chi connectivity index (χ4v) is 2.91. The summed E-state index contributed by atoms with van der Waals surface area (Å²) in [5.74, 6) is -0.419. The highest BCUT2D eigenvalue weighted by Gasteiger charge is 2.16. The average Bonchev–Trinajstić information content (AvgIpc) is 3.11. The van der Waals surface area contributed by atoms with Crippen LogP contribution in [-0.4, -0.2) is 28.2 Å². The van der Waals surface area contributed by atoms with Crippen molar-refractivity contribution in [2.45, 2.75) is 0 Å². The first-order valence-corrected chi connectivity index (χ1v) is 6.73. The Morgan fingerprint density at radius 2 is 2.19 bits per heavy atom. The van der Waals surface area contributed by atoms with Crippen LogP contribution in [-0.2, 0) is 4.74 Å². The number of esters is 1. The number of hydrogen-bond donors (Lipinski definition) is 1. The van der Waals surface area contributed by atoms with E-state index in [1.807, 2.05) is 0 Å². The molecule has 106 valence electrons. The summed E-state index contributed by atoms with van der Waals surface area (Å²) in [7, 11) is 1.31. The third-order valence-electron chi connectivity index (χ3n) is 2.98. The van der Waals surface area contributed by atoms with E-state index in [0.717, 1.165) is 4.88 Å². The highest BCUT2D eigenvalue weighted by molar-refractivity contribution is 7.17. The molecule has 0 aliphatic rings. The van der Waals surface area contributed by atoms with Gasteiger partial charge in [-0.25, -0.2) is 4.79 Å². The minimum atomic E-state index is -0.454. The molecule has 1 N–H and O–H groups in total. The van der Waals surface area contributed by atoms with Gasteiger partial charge in [-0.15, -0.1) is 11.3 Å². The Morgan fingerprint density at radius 3 is 2.90 bits per heavy atom. The number of methoxy groups -OCH3 is 1. The Kier molecular flexibility index (Phi) is 3.15. The summed E-state index contributed by atoms with van der Waals surface area (Å²) in [6.45, 7) is 0. The van der Waals surface area contributed by atoms with Gasteiger partial charge in [0.15, 0.2) is 0 Å². The van der Waals surface area contributed by atoms with Gasteiger partial charge in [-0.1, -0.05) is 0 Å². The van der Waals surface area contributed by atoms with Crippen LogP contribution in [0.1, 0.15) is 9.67 Å². The SMILES string of the molecule is COC(=O)c1ccc(-c2n[nH]c3ccc([N+](=O)[O-])cc23)s1. The predicted octanol–water partition coefficient (Wildman–Crippen LogP) is 2.99. The molecule has 0 spiro atoms. The van der Waals surface area contributed by atoms with E-state index in [-0.39, 0.29) is 5.69 Å². The van der Waals surface area contributed by atoms with Crippen molar-refractivity contribution in [2.75, 3.05) is 7.11 Å². The van der Waals surface area contributed by atoms with Crippen molar-refractivity contribution >= 4 is 33.9 Å². The third-order valence-corrected chi connectivity index (χ3v) is 4.06. The number of rotatable bonds is 3. The predicted molar refractivity (Wildman–Crippen MR) is 77.4 cm³/mol. The lowest BCUT2D eigenvalue weighted by molar-refractivity contribution is -0.384. The first kappa shape index (κ1) is 13.3. The number of non-ortho nitro benzene ring substituents is 1. The van der Waals surface area contributed by atoms with Crippen molar-refractivity contribution in [1.29, 1.82) is 0 Å². The lowest BCUT2D eigenvalue weighted by Crippen LogP contribution is -1.96. The van der Waals surface area contributed by atoms with Gasteiger partial charge in [0, 0.05) is 17.5 Å². The van der Waals surface area contributed by atoms with Crippen LogP contribution in [0.25, 0.3) is 21.5 Å². The van der Waals surface area contributed by atoms with Gasteiger partial charge < -0.3 is 4.74 Å². The molecule has 0 aliphatic carbocycles. The molecule has 1 aromatic carbocycles. The second-order valence-corrected chi connectivity index (χ2v) is 5.30. The highest BCUT2D eigenvalue weighted by atomic mass is 32.1. The summed E-state index contributed by atoms with van der Waals surface area (Å²) < 4.78 is 4.66. The van der Waals surface area contributed by atoms with Crippen molar-refractivity contribution in [3.05, 3.63) is 45.3 Å². The molecule has 0 aliphatic heterocycles. The number of nitrogens with zero attached hydrogens (tertiary/aromatic N) is 2. The van der Waals surface area contributed by atoms with Gasteiger partial charge in [0.25, 0.3) is 5.69 Å². The number of fused-ring (bicyclic) bond motifs is 1. The number of ether oxygens (including phenoxy) is 1. The number of aromatic amines is 1. The molecular weight excluding hydrogens is 294 g/mol. The van der Waals surface area contributed by atoms with Gasteiger partial charge in [0.1, 0.15) is 10.6 Å². The van der Waals surface area contributed by atoms with Crippen LogP contribution in [0.4, 0.5) is 5.69 Å². The fourth-order valence-electron chi connectivity index (χ4n) is 1.98. The zero-order valence-corrected chi connectivity index (χ0v) is 11.6. The molecule has 21 heavy (non-hydrogen) atoms. The second-order valence-electron chi connectivity index (χ2n) is 4.21. The summed E-state index contributed by atoms with van der Waals surface area (Å²) >= 11 is 1.23. The Labute approximate surface area is 122 Å². The minimum Gasteiger partial charge on any atom is -0.465 e. The third kappa shape index (κ3) is 2.25. The molecule has 0 bridgehead atoms. The number of nitrogens with one attached hydrogen (secondary N) is 1. The molecule has 0 atom stereocenters. The van der Waals surface area contributed by atoms with E-state index in [0.29, 0.717) is 21.5 Å². The molecule has 2 heterocycles. The zero-order valence-electron chi connectivity index (χ0n) is 10.8. The van der Waals surface area contributed by atoms with Crippen LogP contribution < -0.4 is 0 Å². The van der Waals surface area contributed by atoms with Crippen LogP contribution in [0.5, 0.6) is 0 Å². The largest absolute Gasteiger partial charge is 0.465 e. The number of aromatic nitrogens is 2. The molecular formula is C13H9N3O4S. The first-order chi connectivity index (χ1) is 10.1. The zero-order chi connectivity index (χ0) is 15.0. The van der Waals surface area contributed by atoms with Gasteiger partial charge in [0.2, 0.25) is 0 Å². The Balaban J connectivity index is 2.11.